The Balaban J connectivity index is 1.62. The highest BCUT2D eigenvalue weighted by molar-refractivity contribution is 5.94. The number of imide groups is 1. The molecule has 0 aliphatic rings. The minimum absolute atomic E-state index is 0.0719. The summed E-state index contributed by atoms with van der Waals surface area (Å²) >= 11 is 0. The van der Waals surface area contributed by atoms with E-state index in [0.717, 1.165) is 11.1 Å². The van der Waals surface area contributed by atoms with Gasteiger partial charge in [-0.3, -0.25) is 14.5 Å². The van der Waals surface area contributed by atoms with Crippen LogP contribution >= 0.6 is 0 Å². The normalized spacial score (nSPS) is 10.5. The number of carbonyl (C=O) groups is 3. The lowest BCUT2D eigenvalue weighted by Gasteiger charge is -2.22. The van der Waals surface area contributed by atoms with Crippen molar-refractivity contribution < 1.29 is 23.5 Å². The molecule has 0 aromatic heterocycles. The van der Waals surface area contributed by atoms with Crippen molar-refractivity contribution in [3.63, 3.8) is 0 Å². The van der Waals surface area contributed by atoms with E-state index in [1.807, 2.05) is 30.3 Å². The number of primary amides is 1. The van der Waals surface area contributed by atoms with Gasteiger partial charge in [-0.15, -0.1) is 0 Å². The molecule has 0 unspecified atom stereocenters. The van der Waals surface area contributed by atoms with Gasteiger partial charge >= 0.3 is 6.03 Å². The van der Waals surface area contributed by atoms with Crippen LogP contribution in [0.25, 0.3) is 0 Å². The van der Waals surface area contributed by atoms with Crippen molar-refractivity contribution in [3.05, 3.63) is 101 Å². The average molecular weight is 507 g/mol. The highest BCUT2D eigenvalue weighted by Crippen LogP contribution is 2.15. The maximum absolute atomic E-state index is 14.0. The number of nitrogens with one attached hydrogen (secondary N) is 1. The number of urea groups is 1. The third-order valence-corrected chi connectivity index (χ3v) is 5.73. The second-order valence-corrected chi connectivity index (χ2v) is 8.47. The van der Waals surface area contributed by atoms with Gasteiger partial charge in [0.2, 0.25) is 5.91 Å². The van der Waals surface area contributed by atoms with E-state index in [4.69, 9.17) is 16.2 Å². The second-order valence-electron chi connectivity index (χ2n) is 8.47. The Morgan fingerprint density at radius 1 is 0.892 bits per heavy atom. The predicted molar refractivity (Wildman–Crippen MR) is 138 cm³/mol. The Morgan fingerprint density at radius 2 is 1.57 bits per heavy atom. The van der Waals surface area contributed by atoms with Gasteiger partial charge < -0.3 is 21.5 Å². The summed E-state index contributed by atoms with van der Waals surface area (Å²) in [5, 5.41) is 2.72. The molecule has 3 aromatic carbocycles. The van der Waals surface area contributed by atoms with Crippen LogP contribution in [0, 0.1) is 5.82 Å². The number of nitrogens with two attached hydrogens (primary N) is 2. The largest absolute Gasteiger partial charge is 0.484 e. The van der Waals surface area contributed by atoms with E-state index in [-0.39, 0.29) is 38.6 Å². The van der Waals surface area contributed by atoms with Crippen molar-refractivity contribution >= 4 is 17.8 Å². The molecule has 0 spiro atoms. The number of amides is 4. The van der Waals surface area contributed by atoms with Gasteiger partial charge in [0.15, 0.2) is 6.61 Å². The van der Waals surface area contributed by atoms with E-state index in [2.05, 4.69) is 5.32 Å². The molecule has 0 aliphatic heterocycles. The zero-order valence-electron chi connectivity index (χ0n) is 20.5. The van der Waals surface area contributed by atoms with Crippen molar-refractivity contribution in [2.45, 2.75) is 32.4 Å². The number of benzene rings is 3. The maximum atomic E-state index is 14.0. The predicted octanol–water partition coefficient (Wildman–Crippen LogP) is 3.06. The molecule has 8 nitrogen and oxygen atoms in total. The maximum Gasteiger partial charge on any atom is 0.324 e. The van der Waals surface area contributed by atoms with Crippen molar-refractivity contribution in [2.75, 3.05) is 13.2 Å². The Bertz CT molecular complexity index is 1200. The van der Waals surface area contributed by atoms with Gasteiger partial charge in [0, 0.05) is 31.6 Å². The lowest BCUT2D eigenvalue weighted by molar-refractivity contribution is -0.128. The van der Waals surface area contributed by atoms with Gasteiger partial charge in [-0.05, 0) is 47.7 Å². The number of aryl methyl sites for hydroxylation is 1. The summed E-state index contributed by atoms with van der Waals surface area (Å²) in [6.07, 6.45) is 1.03. The fourth-order valence-electron chi connectivity index (χ4n) is 3.66. The van der Waals surface area contributed by atoms with Crippen LogP contribution in [-0.2, 0) is 35.5 Å². The van der Waals surface area contributed by atoms with E-state index in [0.29, 0.717) is 29.7 Å². The topological polar surface area (TPSA) is 128 Å². The van der Waals surface area contributed by atoms with E-state index in [1.54, 1.807) is 36.4 Å². The van der Waals surface area contributed by atoms with Crippen LogP contribution in [0.3, 0.4) is 0 Å². The summed E-state index contributed by atoms with van der Waals surface area (Å²) in [5.74, 6) is -0.834. The molecule has 0 fully saturated rings. The summed E-state index contributed by atoms with van der Waals surface area (Å²) in [6.45, 7) is 0.147. The first-order valence-corrected chi connectivity index (χ1v) is 11.9. The highest BCUT2D eigenvalue weighted by atomic mass is 19.1. The summed E-state index contributed by atoms with van der Waals surface area (Å²) in [5.41, 5.74) is 13.4. The minimum atomic E-state index is -0.568. The Morgan fingerprint density at radius 3 is 2.22 bits per heavy atom. The van der Waals surface area contributed by atoms with Crippen molar-refractivity contribution in [1.82, 2.24) is 10.2 Å². The molecule has 0 radical (unpaired) electrons. The van der Waals surface area contributed by atoms with Crippen LogP contribution < -0.4 is 21.5 Å². The quantitative estimate of drug-likeness (QED) is 0.348. The molecule has 4 amide bonds. The minimum Gasteiger partial charge on any atom is -0.484 e. The second kappa shape index (κ2) is 13.7. The Labute approximate surface area is 215 Å². The van der Waals surface area contributed by atoms with Crippen LogP contribution in [0.4, 0.5) is 9.18 Å². The molecule has 3 aromatic rings. The molecule has 0 heterocycles. The first-order chi connectivity index (χ1) is 17.9. The summed E-state index contributed by atoms with van der Waals surface area (Å²) in [6, 6.07) is 20.6. The fraction of sp³-hybridized carbons (Fsp3) is 0.250. The van der Waals surface area contributed by atoms with Gasteiger partial charge in [0.25, 0.3) is 5.91 Å². The molecule has 0 atom stereocenters. The molecule has 37 heavy (non-hydrogen) atoms. The molecular formula is C28H31FN4O4. The number of carbonyl (C=O) groups excluding carboxylic acids is 3. The van der Waals surface area contributed by atoms with E-state index >= 15 is 0 Å². The molecule has 5 N–H and O–H groups in total. The standard InChI is InChI=1S/C28H31FN4O4/c29-25-16-22(6-10-23(25)17-30)18-32-28(36)33(15-14-20-4-2-1-3-5-20)27(35)13-9-21-7-11-24(12-8-21)37-19-26(31)34/h1-8,10-12,16H,9,13-15,17-19,30H2,(H2,31,34)(H,32,36). The average Bonchev–Trinajstić information content (AvgIpc) is 2.91. The molecule has 194 valence electrons. The first kappa shape index (κ1) is 27.3. The van der Waals surface area contributed by atoms with Gasteiger partial charge in [-0.25, -0.2) is 9.18 Å². The van der Waals surface area contributed by atoms with Gasteiger partial charge in [-0.2, -0.15) is 0 Å². The highest BCUT2D eigenvalue weighted by Gasteiger charge is 2.21. The lowest BCUT2D eigenvalue weighted by atomic mass is 10.1. The third kappa shape index (κ3) is 8.73. The zero-order chi connectivity index (χ0) is 26.6. The van der Waals surface area contributed by atoms with Crippen LogP contribution in [0.5, 0.6) is 5.75 Å². The molecular weight excluding hydrogens is 475 g/mol. The van der Waals surface area contributed by atoms with Crippen LogP contribution in [0.15, 0.2) is 72.8 Å². The van der Waals surface area contributed by atoms with Crippen LogP contribution in [0.2, 0.25) is 0 Å². The van der Waals surface area contributed by atoms with Crippen molar-refractivity contribution in [2.24, 2.45) is 11.5 Å². The zero-order valence-corrected chi connectivity index (χ0v) is 20.5. The molecule has 0 saturated carbocycles. The van der Waals surface area contributed by atoms with Crippen molar-refractivity contribution in [3.8, 4) is 5.75 Å². The van der Waals surface area contributed by atoms with Gasteiger partial charge in [0.05, 0.1) is 0 Å². The number of nitrogens with zero attached hydrogens (tertiary/aromatic N) is 1. The van der Waals surface area contributed by atoms with Gasteiger partial charge in [-0.1, -0.05) is 54.6 Å². The molecule has 0 saturated heterocycles. The van der Waals surface area contributed by atoms with Gasteiger partial charge in [0.1, 0.15) is 11.6 Å². The number of halogens is 1. The van der Waals surface area contributed by atoms with Crippen molar-refractivity contribution in [1.29, 1.82) is 0 Å². The van der Waals surface area contributed by atoms with Crippen LogP contribution in [-0.4, -0.2) is 35.9 Å². The van der Waals surface area contributed by atoms with E-state index in [9.17, 15) is 18.8 Å². The number of rotatable bonds is 12. The summed E-state index contributed by atoms with van der Waals surface area (Å²) in [4.78, 5) is 38.1. The smallest absolute Gasteiger partial charge is 0.324 e. The monoisotopic (exact) mass is 506 g/mol. The summed E-state index contributed by atoms with van der Waals surface area (Å²) < 4.78 is 19.3. The fourth-order valence-corrected chi connectivity index (χ4v) is 3.66. The lowest BCUT2D eigenvalue weighted by Crippen LogP contribution is -2.44. The Hall–Kier alpha value is -4.24. The SMILES string of the molecule is NCc1ccc(CNC(=O)N(CCc2ccccc2)C(=O)CCc2ccc(OCC(N)=O)cc2)cc1F. The number of hydrogen-bond acceptors (Lipinski definition) is 5. The third-order valence-electron chi connectivity index (χ3n) is 5.73. The Kier molecular flexibility index (Phi) is 10.2. The molecule has 0 bridgehead atoms. The molecule has 3 rings (SSSR count). The van der Waals surface area contributed by atoms with E-state index < -0.39 is 17.8 Å². The first-order valence-electron chi connectivity index (χ1n) is 11.9. The molecule has 0 aliphatic carbocycles. The van der Waals surface area contributed by atoms with E-state index in [1.165, 1.54) is 11.0 Å². The number of ether oxygens (including phenoxy) is 1. The van der Waals surface area contributed by atoms with Crippen LogP contribution in [0.1, 0.15) is 28.7 Å². The molecule has 9 heteroatoms. The summed E-state index contributed by atoms with van der Waals surface area (Å²) in [7, 11) is 0. The number of hydrogen-bond donors (Lipinski definition) is 3.